The zero-order valence-corrected chi connectivity index (χ0v) is 18.5. The molecule has 7 heteroatoms. The summed E-state index contributed by atoms with van der Waals surface area (Å²) in [6.45, 7) is 2.09. The number of nitrogens with one attached hydrogen (secondary N) is 1. The number of hydrogen-bond donors (Lipinski definition) is 1. The molecule has 0 aliphatic rings. The van der Waals surface area contributed by atoms with Crippen LogP contribution >= 0.6 is 23.2 Å². The van der Waals surface area contributed by atoms with Crippen molar-refractivity contribution in [3.8, 4) is 11.3 Å². The molecular formula is C22H22Cl2N2O2S. The van der Waals surface area contributed by atoms with Gasteiger partial charge in [0, 0.05) is 17.8 Å². The van der Waals surface area contributed by atoms with Gasteiger partial charge in [0.05, 0.1) is 26.4 Å². The normalized spacial score (nSPS) is 12.7. The smallest absolute Gasteiger partial charge is 0.182 e. The number of hydrogen-bond acceptors (Lipinski definition) is 4. The van der Waals surface area contributed by atoms with Crippen molar-refractivity contribution >= 4 is 33.0 Å². The Morgan fingerprint density at radius 3 is 2.41 bits per heavy atom. The fourth-order valence-corrected chi connectivity index (χ4v) is 5.08. The largest absolute Gasteiger partial charge is 0.313 e. The Hall–Kier alpha value is -1.92. The molecule has 0 aliphatic heterocycles. The van der Waals surface area contributed by atoms with Crippen LogP contribution in [0.15, 0.2) is 65.7 Å². The lowest BCUT2D eigenvalue weighted by molar-refractivity contribution is 0.576. The summed E-state index contributed by atoms with van der Waals surface area (Å²) < 4.78 is 25.8. The SMILES string of the molecule is CCC(NC)c1cccc(CS(=O)(=O)c2ccc(-c3ncc(Cl)cc3Cl)cc2)c1. The Morgan fingerprint density at radius 1 is 1.07 bits per heavy atom. The zero-order chi connectivity index (χ0) is 21.0. The van der Waals surface area contributed by atoms with Gasteiger partial charge in [0.25, 0.3) is 0 Å². The average molecular weight is 449 g/mol. The monoisotopic (exact) mass is 448 g/mol. The maximum Gasteiger partial charge on any atom is 0.182 e. The molecule has 0 amide bonds. The molecule has 0 fully saturated rings. The van der Waals surface area contributed by atoms with E-state index in [0.29, 0.717) is 15.7 Å². The molecule has 0 saturated heterocycles. The molecule has 1 N–H and O–H groups in total. The molecule has 3 rings (SSSR count). The van der Waals surface area contributed by atoms with Gasteiger partial charge in [-0.25, -0.2) is 8.42 Å². The number of pyridine rings is 1. The van der Waals surface area contributed by atoms with Crippen LogP contribution in [0.2, 0.25) is 10.0 Å². The van der Waals surface area contributed by atoms with Crippen molar-refractivity contribution < 1.29 is 8.42 Å². The van der Waals surface area contributed by atoms with Crippen molar-refractivity contribution in [1.82, 2.24) is 10.3 Å². The lowest BCUT2D eigenvalue weighted by atomic mass is 10.0. The Labute approximate surface area is 181 Å². The average Bonchev–Trinajstić information content (AvgIpc) is 2.69. The van der Waals surface area contributed by atoms with E-state index < -0.39 is 9.84 Å². The van der Waals surface area contributed by atoms with Crippen LogP contribution in [0.4, 0.5) is 0 Å². The van der Waals surface area contributed by atoms with Gasteiger partial charge in [0.2, 0.25) is 0 Å². The number of aromatic nitrogens is 1. The summed E-state index contributed by atoms with van der Waals surface area (Å²) in [5, 5.41) is 4.11. The predicted molar refractivity (Wildman–Crippen MR) is 119 cm³/mol. The van der Waals surface area contributed by atoms with Crippen molar-refractivity contribution in [2.45, 2.75) is 30.0 Å². The van der Waals surface area contributed by atoms with Crippen molar-refractivity contribution in [3.63, 3.8) is 0 Å². The molecule has 1 aromatic heterocycles. The van der Waals surface area contributed by atoms with Gasteiger partial charge in [-0.3, -0.25) is 4.98 Å². The zero-order valence-electron chi connectivity index (χ0n) is 16.2. The third-order valence-electron chi connectivity index (χ3n) is 4.76. The Balaban J connectivity index is 1.84. The molecule has 4 nitrogen and oxygen atoms in total. The predicted octanol–water partition coefficient (Wildman–Crippen LogP) is 5.70. The summed E-state index contributed by atoms with van der Waals surface area (Å²) in [7, 11) is -1.58. The summed E-state index contributed by atoms with van der Waals surface area (Å²) in [5.41, 5.74) is 3.14. The number of halogens is 2. The highest BCUT2D eigenvalue weighted by Crippen LogP contribution is 2.29. The number of nitrogens with zero attached hydrogens (tertiary/aromatic N) is 1. The van der Waals surface area contributed by atoms with Gasteiger partial charge in [-0.1, -0.05) is 66.5 Å². The van der Waals surface area contributed by atoms with E-state index in [4.69, 9.17) is 23.2 Å². The Kier molecular flexibility index (Phi) is 6.96. The van der Waals surface area contributed by atoms with E-state index in [1.54, 1.807) is 30.3 Å². The first kappa shape index (κ1) is 21.8. The van der Waals surface area contributed by atoms with Gasteiger partial charge in [-0.15, -0.1) is 0 Å². The van der Waals surface area contributed by atoms with E-state index in [9.17, 15) is 8.42 Å². The van der Waals surface area contributed by atoms with Gasteiger partial charge in [-0.2, -0.15) is 0 Å². The van der Waals surface area contributed by atoms with Crippen LogP contribution in [0.25, 0.3) is 11.3 Å². The molecule has 0 bridgehead atoms. The summed E-state index contributed by atoms with van der Waals surface area (Å²) in [5.74, 6) is -0.0553. The highest BCUT2D eigenvalue weighted by molar-refractivity contribution is 7.90. The van der Waals surface area contributed by atoms with Crippen LogP contribution in [0.5, 0.6) is 0 Å². The van der Waals surface area contributed by atoms with E-state index in [-0.39, 0.29) is 16.7 Å². The Morgan fingerprint density at radius 2 is 1.79 bits per heavy atom. The van der Waals surface area contributed by atoms with E-state index in [2.05, 4.69) is 17.2 Å². The first-order valence-electron chi connectivity index (χ1n) is 9.24. The van der Waals surface area contributed by atoms with Crippen LogP contribution in [0, 0.1) is 0 Å². The standard InChI is InChI=1S/C22H22Cl2N2O2S/c1-3-21(25-2)17-6-4-5-15(11-17)14-29(27,28)19-9-7-16(8-10-19)22-20(24)12-18(23)13-26-22/h4-13,21,25H,3,14H2,1-2H3. The lowest BCUT2D eigenvalue weighted by Gasteiger charge is -2.15. The molecule has 0 radical (unpaired) electrons. The molecule has 1 heterocycles. The highest BCUT2D eigenvalue weighted by atomic mass is 35.5. The number of benzene rings is 2. The van der Waals surface area contributed by atoms with Crippen molar-refractivity contribution in [2.24, 2.45) is 0 Å². The Bertz CT molecular complexity index is 1100. The molecular weight excluding hydrogens is 427 g/mol. The van der Waals surface area contributed by atoms with Gasteiger partial charge >= 0.3 is 0 Å². The number of sulfone groups is 1. The van der Waals surface area contributed by atoms with E-state index in [1.165, 1.54) is 6.20 Å². The lowest BCUT2D eigenvalue weighted by Crippen LogP contribution is -2.15. The minimum Gasteiger partial charge on any atom is -0.313 e. The van der Waals surface area contributed by atoms with Crippen molar-refractivity contribution in [1.29, 1.82) is 0 Å². The fourth-order valence-electron chi connectivity index (χ4n) is 3.26. The second kappa shape index (κ2) is 9.26. The van der Waals surface area contributed by atoms with E-state index in [1.807, 2.05) is 31.3 Å². The highest BCUT2D eigenvalue weighted by Gasteiger charge is 2.17. The molecule has 1 unspecified atom stereocenters. The third-order valence-corrected chi connectivity index (χ3v) is 6.96. The summed E-state index contributed by atoms with van der Waals surface area (Å²) in [6, 6.07) is 16.1. The first-order valence-corrected chi connectivity index (χ1v) is 11.6. The van der Waals surface area contributed by atoms with E-state index >= 15 is 0 Å². The summed E-state index contributed by atoms with van der Waals surface area (Å²) in [4.78, 5) is 4.49. The first-order chi connectivity index (χ1) is 13.8. The fraction of sp³-hybridized carbons (Fsp3) is 0.227. The van der Waals surface area contributed by atoms with Crippen molar-refractivity contribution in [2.75, 3.05) is 7.05 Å². The van der Waals surface area contributed by atoms with Gasteiger partial charge in [0.1, 0.15) is 0 Å². The van der Waals surface area contributed by atoms with Crippen LogP contribution in [0.3, 0.4) is 0 Å². The molecule has 0 spiro atoms. The molecule has 0 aliphatic carbocycles. The summed E-state index contributed by atoms with van der Waals surface area (Å²) >= 11 is 12.1. The maximum atomic E-state index is 12.9. The second-order valence-corrected chi connectivity index (χ2v) is 9.60. The van der Waals surface area contributed by atoms with Gasteiger partial charge < -0.3 is 5.32 Å². The molecule has 1 atom stereocenters. The maximum absolute atomic E-state index is 12.9. The van der Waals surface area contributed by atoms with Gasteiger partial charge in [0.15, 0.2) is 9.84 Å². The molecule has 0 saturated carbocycles. The molecule has 29 heavy (non-hydrogen) atoms. The van der Waals surface area contributed by atoms with Crippen molar-refractivity contribution in [3.05, 3.63) is 82.0 Å². The number of rotatable bonds is 7. The van der Waals surface area contributed by atoms with Crippen LogP contribution in [-0.4, -0.2) is 20.4 Å². The minimum atomic E-state index is -3.48. The second-order valence-electron chi connectivity index (χ2n) is 6.76. The third kappa shape index (κ3) is 5.17. The topological polar surface area (TPSA) is 59.1 Å². The quantitative estimate of drug-likeness (QED) is 0.503. The minimum absolute atomic E-state index is 0.0553. The molecule has 152 valence electrons. The van der Waals surface area contributed by atoms with Gasteiger partial charge in [-0.05, 0) is 42.8 Å². The summed E-state index contributed by atoms with van der Waals surface area (Å²) in [6.07, 6.45) is 2.44. The van der Waals surface area contributed by atoms with Crippen LogP contribution in [0.1, 0.15) is 30.5 Å². The van der Waals surface area contributed by atoms with Crippen LogP contribution in [-0.2, 0) is 15.6 Å². The molecule has 3 aromatic rings. The van der Waals surface area contributed by atoms with Crippen LogP contribution < -0.4 is 5.32 Å². The van der Waals surface area contributed by atoms with E-state index in [0.717, 1.165) is 23.1 Å². The molecule has 2 aromatic carbocycles.